The number of aliphatic hydroxyl groups is 1. The Morgan fingerprint density at radius 3 is 2.55 bits per heavy atom. The van der Waals surface area contributed by atoms with Crippen molar-refractivity contribution in [2.45, 2.75) is 26.1 Å². The lowest BCUT2D eigenvalue weighted by Crippen LogP contribution is -2.19. The molecule has 3 nitrogen and oxygen atoms in total. The summed E-state index contributed by atoms with van der Waals surface area (Å²) in [6.07, 6.45) is -0.617. The first-order valence-corrected chi connectivity index (χ1v) is 7.06. The second-order valence-corrected chi connectivity index (χ2v) is 4.93. The highest BCUT2D eigenvalue weighted by Gasteiger charge is 2.11. The van der Waals surface area contributed by atoms with E-state index in [-0.39, 0.29) is 12.7 Å². The van der Waals surface area contributed by atoms with Crippen molar-refractivity contribution >= 4 is 10.8 Å². The predicted molar refractivity (Wildman–Crippen MR) is 80.8 cm³/mol. The minimum Gasteiger partial charge on any atom is -0.386 e. The lowest BCUT2D eigenvalue weighted by atomic mass is 10.0. The maximum Gasteiger partial charge on any atom is 0.102 e. The molecule has 0 heterocycles. The van der Waals surface area contributed by atoms with Gasteiger partial charge in [0.15, 0.2) is 0 Å². The maximum absolute atomic E-state index is 10.2. The smallest absolute Gasteiger partial charge is 0.102 e. The Bertz CT molecular complexity index is 539. The summed E-state index contributed by atoms with van der Waals surface area (Å²) < 4.78 is 10.9. The van der Waals surface area contributed by atoms with Crippen LogP contribution in [-0.4, -0.2) is 31.0 Å². The number of hydrogen-bond donors (Lipinski definition) is 1. The molecule has 0 spiro atoms. The summed E-state index contributed by atoms with van der Waals surface area (Å²) in [6.45, 7) is 5.42. The van der Waals surface area contributed by atoms with Crippen LogP contribution in [0.2, 0.25) is 0 Å². The third kappa shape index (κ3) is 4.04. The van der Waals surface area contributed by atoms with Crippen molar-refractivity contribution in [3.63, 3.8) is 0 Å². The molecular weight excluding hydrogens is 252 g/mol. The Hall–Kier alpha value is -1.42. The van der Waals surface area contributed by atoms with Crippen LogP contribution < -0.4 is 0 Å². The highest BCUT2D eigenvalue weighted by atomic mass is 16.5. The van der Waals surface area contributed by atoms with Crippen LogP contribution >= 0.6 is 0 Å². The van der Waals surface area contributed by atoms with E-state index in [0.29, 0.717) is 13.2 Å². The topological polar surface area (TPSA) is 38.7 Å². The van der Waals surface area contributed by atoms with Crippen molar-refractivity contribution in [2.75, 3.05) is 19.8 Å². The van der Waals surface area contributed by atoms with Crippen molar-refractivity contribution in [3.8, 4) is 0 Å². The molecule has 3 heteroatoms. The SMILES string of the molecule is CCOCC(C)OCC(O)c1ccc2ccccc2c1. The van der Waals surface area contributed by atoms with Crippen molar-refractivity contribution in [1.29, 1.82) is 0 Å². The number of fused-ring (bicyclic) bond motifs is 1. The monoisotopic (exact) mass is 274 g/mol. The van der Waals surface area contributed by atoms with Crippen molar-refractivity contribution in [3.05, 3.63) is 48.0 Å². The summed E-state index contributed by atoms with van der Waals surface area (Å²) in [5, 5.41) is 12.5. The summed E-state index contributed by atoms with van der Waals surface area (Å²) in [4.78, 5) is 0. The lowest BCUT2D eigenvalue weighted by molar-refractivity contribution is -0.0394. The molecule has 0 bridgehead atoms. The molecule has 0 aromatic heterocycles. The number of aliphatic hydroxyl groups excluding tert-OH is 1. The summed E-state index contributed by atoms with van der Waals surface area (Å²) in [5.41, 5.74) is 0.882. The molecule has 2 unspecified atom stereocenters. The predicted octanol–water partition coefficient (Wildman–Crippen LogP) is 3.31. The molecule has 0 aliphatic heterocycles. The van der Waals surface area contributed by atoms with Gasteiger partial charge in [-0.25, -0.2) is 0 Å². The van der Waals surface area contributed by atoms with Gasteiger partial charge >= 0.3 is 0 Å². The Labute approximate surface area is 120 Å². The largest absolute Gasteiger partial charge is 0.386 e. The van der Waals surface area contributed by atoms with Crippen LogP contribution in [0, 0.1) is 0 Å². The van der Waals surface area contributed by atoms with E-state index in [1.54, 1.807) is 0 Å². The van der Waals surface area contributed by atoms with Crippen LogP contribution in [0.4, 0.5) is 0 Å². The highest BCUT2D eigenvalue weighted by molar-refractivity contribution is 5.83. The van der Waals surface area contributed by atoms with E-state index in [4.69, 9.17) is 9.47 Å². The fourth-order valence-corrected chi connectivity index (χ4v) is 2.10. The molecule has 0 aliphatic rings. The molecule has 1 N–H and O–H groups in total. The van der Waals surface area contributed by atoms with Crippen molar-refractivity contribution in [1.82, 2.24) is 0 Å². The van der Waals surface area contributed by atoms with E-state index in [9.17, 15) is 5.11 Å². The van der Waals surface area contributed by atoms with Crippen LogP contribution in [0.1, 0.15) is 25.5 Å². The summed E-state index contributed by atoms with van der Waals surface area (Å²) in [7, 11) is 0. The molecule has 0 saturated heterocycles. The zero-order chi connectivity index (χ0) is 14.4. The molecule has 2 rings (SSSR count). The van der Waals surface area contributed by atoms with E-state index in [2.05, 4.69) is 6.07 Å². The Balaban J connectivity index is 1.95. The second-order valence-electron chi connectivity index (χ2n) is 4.93. The van der Waals surface area contributed by atoms with Gasteiger partial charge in [0.2, 0.25) is 0 Å². The molecule has 0 saturated carbocycles. The van der Waals surface area contributed by atoms with E-state index in [0.717, 1.165) is 10.9 Å². The average molecular weight is 274 g/mol. The van der Waals surface area contributed by atoms with Gasteiger partial charge in [0.05, 0.1) is 19.3 Å². The van der Waals surface area contributed by atoms with Crippen LogP contribution in [-0.2, 0) is 9.47 Å². The Morgan fingerprint density at radius 2 is 1.80 bits per heavy atom. The number of ether oxygens (including phenoxy) is 2. The third-order valence-electron chi connectivity index (χ3n) is 3.25. The first-order chi connectivity index (χ1) is 9.70. The van der Waals surface area contributed by atoms with E-state index < -0.39 is 6.10 Å². The molecule has 2 aromatic rings. The van der Waals surface area contributed by atoms with Gasteiger partial charge in [0.1, 0.15) is 6.10 Å². The van der Waals surface area contributed by atoms with E-state index in [1.807, 2.05) is 50.2 Å². The van der Waals surface area contributed by atoms with Gasteiger partial charge in [-0.1, -0.05) is 36.4 Å². The van der Waals surface area contributed by atoms with Gasteiger partial charge in [-0.05, 0) is 36.2 Å². The quantitative estimate of drug-likeness (QED) is 0.842. The van der Waals surface area contributed by atoms with Gasteiger partial charge in [-0.3, -0.25) is 0 Å². The molecule has 20 heavy (non-hydrogen) atoms. The first kappa shape index (κ1) is 15.0. The molecular formula is C17H22O3. The fourth-order valence-electron chi connectivity index (χ4n) is 2.10. The molecule has 2 aromatic carbocycles. The van der Waals surface area contributed by atoms with Gasteiger partial charge in [0.25, 0.3) is 0 Å². The van der Waals surface area contributed by atoms with Crippen LogP contribution in [0.15, 0.2) is 42.5 Å². The Kier molecular flexibility index (Phi) is 5.53. The van der Waals surface area contributed by atoms with Gasteiger partial charge < -0.3 is 14.6 Å². The number of rotatable bonds is 7. The van der Waals surface area contributed by atoms with Gasteiger partial charge in [0, 0.05) is 6.61 Å². The molecule has 108 valence electrons. The summed E-state index contributed by atoms with van der Waals surface area (Å²) in [6, 6.07) is 14.1. The second kappa shape index (κ2) is 7.39. The first-order valence-electron chi connectivity index (χ1n) is 7.06. The highest BCUT2D eigenvalue weighted by Crippen LogP contribution is 2.20. The van der Waals surface area contributed by atoms with Crippen LogP contribution in [0.25, 0.3) is 10.8 Å². The van der Waals surface area contributed by atoms with E-state index >= 15 is 0 Å². The zero-order valence-electron chi connectivity index (χ0n) is 12.1. The Morgan fingerprint density at radius 1 is 1.05 bits per heavy atom. The van der Waals surface area contributed by atoms with Crippen molar-refractivity contribution in [2.24, 2.45) is 0 Å². The normalized spacial score (nSPS) is 14.3. The van der Waals surface area contributed by atoms with E-state index in [1.165, 1.54) is 5.39 Å². The van der Waals surface area contributed by atoms with Gasteiger partial charge in [-0.15, -0.1) is 0 Å². The number of hydrogen-bond acceptors (Lipinski definition) is 3. The van der Waals surface area contributed by atoms with Crippen LogP contribution in [0.5, 0.6) is 0 Å². The molecule has 0 aliphatic carbocycles. The van der Waals surface area contributed by atoms with Gasteiger partial charge in [-0.2, -0.15) is 0 Å². The molecule has 0 fully saturated rings. The zero-order valence-corrected chi connectivity index (χ0v) is 12.1. The minimum atomic E-state index is -0.608. The van der Waals surface area contributed by atoms with Crippen molar-refractivity contribution < 1.29 is 14.6 Å². The fraction of sp³-hybridized carbons (Fsp3) is 0.412. The van der Waals surface area contributed by atoms with Crippen LogP contribution in [0.3, 0.4) is 0 Å². The molecule has 0 amide bonds. The summed E-state index contributed by atoms with van der Waals surface area (Å²) in [5.74, 6) is 0. The molecule has 0 radical (unpaired) electrons. The number of benzene rings is 2. The minimum absolute atomic E-state index is 0.00921. The molecule has 2 atom stereocenters. The summed E-state index contributed by atoms with van der Waals surface area (Å²) >= 11 is 0. The third-order valence-corrected chi connectivity index (χ3v) is 3.25. The standard InChI is InChI=1S/C17H22O3/c1-3-19-11-13(2)20-12-17(18)16-9-8-14-6-4-5-7-15(14)10-16/h4-10,13,17-18H,3,11-12H2,1-2H3. The average Bonchev–Trinajstić information content (AvgIpc) is 2.50. The lowest BCUT2D eigenvalue weighted by Gasteiger charge is -2.17. The maximum atomic E-state index is 10.2.